The van der Waals surface area contributed by atoms with Crippen LogP contribution in [0, 0.1) is 0 Å². The summed E-state index contributed by atoms with van der Waals surface area (Å²) >= 11 is 0. The maximum absolute atomic E-state index is 6.09. The van der Waals surface area contributed by atoms with Gasteiger partial charge in [-0.15, -0.1) is 0 Å². The van der Waals surface area contributed by atoms with Crippen LogP contribution < -0.4 is 44.3 Å². The number of aromatic amines is 4. The van der Waals surface area contributed by atoms with Gasteiger partial charge in [-0.3, -0.25) is 0 Å². The van der Waals surface area contributed by atoms with Crippen LogP contribution in [0.15, 0.2) is 243 Å². The Kier molecular flexibility index (Phi) is 11.3. The topological polar surface area (TPSA) is 167 Å². The number of H-pyrrole nitrogens is 4. The number of hydrogen-bond acceptors (Lipinski definition) is 4. The van der Waals surface area contributed by atoms with Crippen molar-refractivity contribution in [3.8, 4) is 44.5 Å². The first kappa shape index (κ1) is 45.4. The van der Waals surface area contributed by atoms with Gasteiger partial charge in [0.05, 0.1) is 0 Å². The van der Waals surface area contributed by atoms with Crippen molar-refractivity contribution in [1.29, 1.82) is 0 Å². The van der Waals surface area contributed by atoms with E-state index in [1.54, 1.807) is 0 Å². The van der Waals surface area contributed by atoms with E-state index in [1.807, 2.05) is 48.5 Å². The van der Waals surface area contributed by atoms with Crippen LogP contribution in [0.1, 0.15) is 45.0 Å². The molecule has 76 heavy (non-hydrogen) atoms. The van der Waals surface area contributed by atoms with Gasteiger partial charge in [-0.1, -0.05) is 146 Å². The second-order valence-corrected chi connectivity index (χ2v) is 19.4. The van der Waals surface area contributed by atoms with Crippen molar-refractivity contribution in [2.24, 2.45) is 0 Å². The van der Waals surface area contributed by atoms with Crippen molar-refractivity contribution in [2.75, 3.05) is 22.9 Å². The second-order valence-electron chi connectivity index (χ2n) is 19.4. The molecule has 0 unspecified atom stereocenters. The number of benzene rings is 8. The first-order valence-corrected chi connectivity index (χ1v) is 25.4. The fourth-order valence-electron chi connectivity index (χ4n) is 10.6. The number of nitrogens with two attached hydrogens (primary N) is 4. The number of hydrogen-bond donors (Lipinski definition) is 8. The molecule has 1 aliphatic rings. The zero-order valence-electron chi connectivity index (χ0n) is 41.4. The van der Waals surface area contributed by atoms with Gasteiger partial charge >= 0.3 is 0 Å². The fourth-order valence-corrected chi connectivity index (χ4v) is 10.6. The average Bonchev–Trinajstić information content (AvgIpc) is 4.32. The van der Waals surface area contributed by atoms with E-state index in [0.717, 1.165) is 156 Å². The SMILES string of the molecule is Nc1ccc(-c2ccc(C3=c4ccc([nH]4)=C(c4ccc(-c5ccc(N)cc5)cc4)c4ccc([nH]4)C(c4ccc(-c5ccc(N)cc5)cc4)=c4ccc([nH]4)=C(c4ccc(-c5ccc(N)cc5)cc4)c4ccc3[nH]4)cc2)cc1. The molecule has 364 valence electrons. The Hall–Kier alpha value is -10.4. The highest BCUT2D eigenvalue weighted by molar-refractivity contribution is 5.86. The maximum atomic E-state index is 6.09. The Bertz CT molecular complexity index is 3780. The summed E-state index contributed by atoms with van der Waals surface area (Å²) in [7, 11) is 0. The van der Waals surface area contributed by atoms with Gasteiger partial charge in [0.25, 0.3) is 0 Å². The van der Waals surface area contributed by atoms with Gasteiger partial charge in [-0.05, 0) is 164 Å². The van der Waals surface area contributed by atoms with Crippen molar-refractivity contribution < 1.29 is 0 Å². The number of aromatic nitrogens is 4. The van der Waals surface area contributed by atoms with Crippen LogP contribution in [0.4, 0.5) is 22.7 Å². The quantitative estimate of drug-likeness (QED) is 0.0710. The zero-order valence-corrected chi connectivity index (χ0v) is 41.4. The minimum absolute atomic E-state index is 0.736. The molecule has 0 radical (unpaired) electrons. The molecule has 8 nitrogen and oxygen atoms in total. The smallest absolute Gasteiger partial charge is 0.0485 e. The lowest BCUT2D eigenvalue weighted by Gasteiger charge is -2.11. The first-order valence-electron chi connectivity index (χ1n) is 25.4. The highest BCUT2D eigenvalue weighted by Crippen LogP contribution is 2.33. The predicted octanol–water partition coefficient (Wildman–Crippen LogP) is 11.3. The predicted molar refractivity (Wildman–Crippen MR) is 313 cm³/mol. The molecule has 0 aliphatic carbocycles. The van der Waals surface area contributed by atoms with Crippen LogP contribution in [0.25, 0.3) is 66.8 Å². The Labute approximate surface area is 439 Å². The van der Waals surface area contributed by atoms with Crippen molar-refractivity contribution in [2.45, 2.75) is 0 Å². The van der Waals surface area contributed by atoms with Crippen LogP contribution in [-0.2, 0) is 0 Å². The molecule has 0 amide bonds. The lowest BCUT2D eigenvalue weighted by atomic mass is 9.98. The van der Waals surface area contributed by atoms with Gasteiger partial charge in [0.15, 0.2) is 0 Å². The minimum Gasteiger partial charge on any atom is -0.399 e. The Morgan fingerprint density at radius 3 is 0.500 bits per heavy atom. The number of rotatable bonds is 8. The zero-order chi connectivity index (χ0) is 51.3. The van der Waals surface area contributed by atoms with Gasteiger partial charge in [0.2, 0.25) is 0 Å². The van der Waals surface area contributed by atoms with Crippen LogP contribution >= 0.6 is 0 Å². The van der Waals surface area contributed by atoms with Crippen LogP contribution in [0.3, 0.4) is 0 Å². The second kappa shape index (κ2) is 18.9. The van der Waals surface area contributed by atoms with Crippen molar-refractivity contribution in [3.05, 3.63) is 309 Å². The normalized spacial score (nSPS) is 12.3. The van der Waals surface area contributed by atoms with E-state index in [4.69, 9.17) is 22.9 Å². The van der Waals surface area contributed by atoms with Crippen LogP contribution in [0.5, 0.6) is 0 Å². The number of nitrogens with one attached hydrogen (secondary N) is 4. The van der Waals surface area contributed by atoms with Crippen LogP contribution in [0.2, 0.25) is 0 Å². The van der Waals surface area contributed by atoms with Gasteiger partial charge in [-0.25, -0.2) is 0 Å². The van der Waals surface area contributed by atoms with Crippen molar-refractivity contribution >= 4 is 45.0 Å². The first-order chi connectivity index (χ1) is 37.2. The Balaban J connectivity index is 1.05. The summed E-state index contributed by atoms with van der Waals surface area (Å²) in [5.41, 5.74) is 48.3. The van der Waals surface area contributed by atoms with Gasteiger partial charge < -0.3 is 42.9 Å². The molecule has 13 rings (SSSR count). The summed E-state index contributed by atoms with van der Waals surface area (Å²) in [4.78, 5) is 15.8. The largest absolute Gasteiger partial charge is 0.399 e. The third-order valence-corrected chi connectivity index (χ3v) is 14.6. The lowest BCUT2D eigenvalue weighted by molar-refractivity contribution is 1.19. The third kappa shape index (κ3) is 8.65. The number of anilines is 4. The Morgan fingerprint density at radius 1 is 0.158 bits per heavy atom. The summed E-state index contributed by atoms with van der Waals surface area (Å²) in [6.07, 6.45) is 0. The number of nitrogen functional groups attached to an aromatic ring is 4. The molecule has 12 aromatic rings. The molecule has 12 N–H and O–H groups in total. The molecule has 0 atom stereocenters. The summed E-state index contributed by atoms with van der Waals surface area (Å²) in [5, 5.41) is 3.85. The summed E-state index contributed by atoms with van der Waals surface area (Å²) < 4.78 is 0. The molecule has 0 saturated heterocycles. The Morgan fingerprint density at radius 2 is 0.316 bits per heavy atom. The molecule has 8 bridgehead atoms. The third-order valence-electron chi connectivity index (χ3n) is 14.6. The maximum Gasteiger partial charge on any atom is 0.0485 e. The molecule has 4 aromatic heterocycles. The van der Waals surface area contributed by atoms with E-state index < -0.39 is 0 Å². The highest BCUT2D eigenvalue weighted by Gasteiger charge is 2.19. The lowest BCUT2D eigenvalue weighted by Crippen LogP contribution is -2.19. The molecule has 8 heteroatoms. The van der Waals surface area contributed by atoms with Gasteiger partial charge in [0.1, 0.15) is 0 Å². The van der Waals surface area contributed by atoms with E-state index in [1.165, 1.54) is 0 Å². The van der Waals surface area contributed by atoms with E-state index >= 15 is 0 Å². The molecule has 0 saturated carbocycles. The molecular formula is C68H52N8. The monoisotopic (exact) mass is 980 g/mol. The van der Waals surface area contributed by atoms with Crippen LogP contribution in [-0.4, -0.2) is 19.9 Å². The van der Waals surface area contributed by atoms with E-state index in [9.17, 15) is 0 Å². The fraction of sp³-hybridized carbons (Fsp3) is 0. The summed E-state index contributed by atoms with van der Waals surface area (Å²) in [6.45, 7) is 0. The van der Waals surface area contributed by atoms with Gasteiger partial charge in [-0.2, -0.15) is 0 Å². The van der Waals surface area contributed by atoms with E-state index in [0.29, 0.717) is 0 Å². The minimum atomic E-state index is 0.736. The van der Waals surface area contributed by atoms with Crippen molar-refractivity contribution in [1.82, 2.24) is 19.9 Å². The molecule has 1 aliphatic heterocycles. The highest BCUT2D eigenvalue weighted by atomic mass is 14.8. The van der Waals surface area contributed by atoms with Gasteiger partial charge in [0, 0.05) is 89.2 Å². The van der Waals surface area contributed by atoms with E-state index in [2.05, 4.69) is 214 Å². The summed E-state index contributed by atoms with van der Waals surface area (Å²) in [5.74, 6) is 0. The molecule has 0 spiro atoms. The van der Waals surface area contributed by atoms with Crippen molar-refractivity contribution in [3.63, 3.8) is 0 Å². The average molecular weight is 981 g/mol. The standard InChI is InChI=1S/C68H52N8/c69-53-25-17-45(18-26-53)41-1-9-49(10-2-41)65-57-33-35-59(73-57)66(50-11-3-42(4-12-50)46-19-27-54(70)28-20-46)61-37-39-63(75-61)68(52-15-7-44(8-16-52)48-23-31-56(72)32-24-48)64-40-38-62(76-64)67(60-36-34-58(65)74-60)51-13-5-43(6-14-51)47-21-29-55(71)30-22-47/h1-40,73-76H,69-72H2. The number of fused-ring (bicyclic) bond motifs is 8. The molecular weight excluding hydrogens is 929 g/mol. The molecule has 0 fully saturated rings. The van der Waals surface area contributed by atoms with E-state index in [-0.39, 0.29) is 0 Å². The molecule has 8 aromatic carbocycles. The molecule has 5 heterocycles. The summed E-state index contributed by atoms with van der Waals surface area (Å²) in [6, 6.07) is 84.7.